The molecule has 0 spiro atoms. The standard InChI is InChI=1S/C24H22N6O5S2/c1-34-24-19-8-15(10-26-24)20-9-18-21(36-20)22(28-13-27-18)30-5-6-35-16(12-30)11-25-23(31)14-3-2-4-17(7-14)37(32,33)29-19/h2-4,7-10,13,16,29H,5-6,11-12H2,1H3,(H,25,31)/t16-/m0/s1. The Kier molecular flexibility index (Phi) is 5.89. The van der Waals surface area contributed by atoms with Gasteiger partial charge in [0.2, 0.25) is 5.88 Å². The molecule has 0 radical (unpaired) electrons. The molecule has 0 saturated carbocycles. The largest absolute Gasteiger partial charge is 0.480 e. The van der Waals surface area contributed by atoms with Crippen molar-refractivity contribution < 1.29 is 22.7 Å². The van der Waals surface area contributed by atoms with Crippen LogP contribution in [0.3, 0.4) is 0 Å². The molecule has 11 nitrogen and oxygen atoms in total. The number of thiophene rings is 1. The van der Waals surface area contributed by atoms with Gasteiger partial charge in [0.25, 0.3) is 15.9 Å². The lowest BCUT2D eigenvalue weighted by Gasteiger charge is -2.33. The van der Waals surface area contributed by atoms with Gasteiger partial charge in [0.15, 0.2) is 0 Å². The lowest BCUT2D eigenvalue weighted by Crippen LogP contribution is -2.48. The predicted molar refractivity (Wildman–Crippen MR) is 139 cm³/mol. The first-order valence-corrected chi connectivity index (χ1v) is 13.8. The summed E-state index contributed by atoms with van der Waals surface area (Å²) < 4.78 is 41.2. The molecule has 0 aliphatic carbocycles. The molecule has 6 rings (SSSR count). The molecular formula is C24H22N6O5S2. The molecule has 1 amide bonds. The second-order valence-electron chi connectivity index (χ2n) is 8.59. The number of carbonyl (C=O) groups excluding carboxylic acids is 1. The first kappa shape index (κ1) is 23.6. The minimum Gasteiger partial charge on any atom is -0.480 e. The molecule has 1 fully saturated rings. The van der Waals surface area contributed by atoms with Crippen LogP contribution in [0.25, 0.3) is 20.7 Å². The van der Waals surface area contributed by atoms with Crippen molar-refractivity contribution in [3.05, 3.63) is 54.5 Å². The minimum absolute atomic E-state index is 0.0596. The van der Waals surface area contributed by atoms with Crippen LogP contribution in [-0.2, 0) is 14.8 Å². The molecule has 1 aromatic carbocycles. The van der Waals surface area contributed by atoms with Gasteiger partial charge in [-0.3, -0.25) is 9.52 Å². The van der Waals surface area contributed by atoms with E-state index >= 15 is 0 Å². The summed E-state index contributed by atoms with van der Waals surface area (Å²) in [4.78, 5) is 29.1. The fourth-order valence-corrected chi connectivity index (χ4v) is 6.59. The van der Waals surface area contributed by atoms with Gasteiger partial charge in [-0.1, -0.05) is 6.07 Å². The molecule has 1 atom stereocenters. The maximum atomic E-state index is 13.3. The van der Waals surface area contributed by atoms with Crippen LogP contribution in [0.5, 0.6) is 5.88 Å². The normalized spacial score (nSPS) is 19.0. The summed E-state index contributed by atoms with van der Waals surface area (Å²) in [6.07, 6.45) is 2.90. The number of ether oxygens (including phenoxy) is 2. The molecule has 190 valence electrons. The van der Waals surface area contributed by atoms with Crippen LogP contribution in [0, 0.1) is 0 Å². The third kappa shape index (κ3) is 4.45. The summed E-state index contributed by atoms with van der Waals surface area (Å²) in [5.41, 5.74) is 1.86. The van der Waals surface area contributed by atoms with Crippen LogP contribution >= 0.6 is 11.3 Å². The van der Waals surface area contributed by atoms with Crippen LogP contribution in [0.15, 0.2) is 53.8 Å². The first-order chi connectivity index (χ1) is 17.9. The Morgan fingerprint density at radius 2 is 2.05 bits per heavy atom. The van der Waals surface area contributed by atoms with Gasteiger partial charge in [-0.25, -0.2) is 23.4 Å². The molecule has 1 saturated heterocycles. The highest BCUT2D eigenvalue weighted by Crippen LogP contribution is 2.39. The van der Waals surface area contributed by atoms with E-state index in [1.807, 2.05) is 6.07 Å². The number of hydrogen-bond donors (Lipinski definition) is 2. The van der Waals surface area contributed by atoms with Crippen LogP contribution in [0.2, 0.25) is 0 Å². The summed E-state index contributed by atoms with van der Waals surface area (Å²) in [7, 11) is -2.64. The van der Waals surface area contributed by atoms with E-state index in [2.05, 4.69) is 29.9 Å². The predicted octanol–water partition coefficient (Wildman–Crippen LogP) is 2.51. The summed E-state index contributed by atoms with van der Waals surface area (Å²) in [5, 5.41) is 2.86. The first-order valence-electron chi connectivity index (χ1n) is 11.5. The Balaban J connectivity index is 1.51. The Labute approximate surface area is 216 Å². The number of methoxy groups -OCH3 is 1. The molecule has 4 aromatic rings. The van der Waals surface area contributed by atoms with Crippen molar-refractivity contribution in [2.45, 2.75) is 11.0 Å². The number of carbonyl (C=O) groups is 1. The van der Waals surface area contributed by atoms with Crippen LogP contribution in [0.4, 0.5) is 11.5 Å². The smallest absolute Gasteiger partial charge is 0.262 e. The Hall–Kier alpha value is -3.81. The third-order valence-electron chi connectivity index (χ3n) is 6.20. The fourth-order valence-electron chi connectivity index (χ4n) is 4.38. The van der Waals surface area contributed by atoms with Gasteiger partial charge in [-0.15, -0.1) is 11.3 Å². The van der Waals surface area contributed by atoms with E-state index in [0.29, 0.717) is 25.3 Å². The Bertz CT molecular complexity index is 1620. The zero-order valence-corrected chi connectivity index (χ0v) is 21.3. The topological polar surface area (TPSA) is 136 Å². The highest BCUT2D eigenvalue weighted by molar-refractivity contribution is 7.92. The molecule has 2 aliphatic heterocycles. The lowest BCUT2D eigenvalue weighted by atomic mass is 10.2. The number of rotatable bonds is 1. The van der Waals surface area contributed by atoms with Crippen molar-refractivity contribution in [1.82, 2.24) is 20.3 Å². The molecule has 37 heavy (non-hydrogen) atoms. The molecule has 2 N–H and O–H groups in total. The van der Waals surface area contributed by atoms with E-state index in [4.69, 9.17) is 9.47 Å². The zero-order chi connectivity index (χ0) is 25.6. The lowest BCUT2D eigenvalue weighted by molar-refractivity contribution is 0.0395. The molecule has 8 bridgehead atoms. The number of morpholine rings is 1. The van der Waals surface area contributed by atoms with E-state index in [0.717, 1.165) is 20.9 Å². The quantitative estimate of drug-likeness (QED) is 0.375. The molecule has 0 unspecified atom stereocenters. The number of nitrogens with zero attached hydrogens (tertiary/aromatic N) is 4. The van der Waals surface area contributed by atoms with Crippen molar-refractivity contribution in [2.24, 2.45) is 0 Å². The highest BCUT2D eigenvalue weighted by atomic mass is 32.2. The fraction of sp³-hybridized carbons (Fsp3) is 0.250. The van der Waals surface area contributed by atoms with Gasteiger partial charge in [0.05, 0.1) is 34.9 Å². The second kappa shape index (κ2) is 9.25. The number of hydrogen-bond acceptors (Lipinski definition) is 10. The van der Waals surface area contributed by atoms with E-state index in [1.165, 1.54) is 43.0 Å². The van der Waals surface area contributed by atoms with Gasteiger partial charge < -0.3 is 19.7 Å². The number of nitrogens with one attached hydrogen (secondary N) is 2. The third-order valence-corrected chi connectivity index (χ3v) is 8.73. The number of benzene rings is 1. The van der Waals surface area contributed by atoms with Crippen molar-refractivity contribution in [3.8, 4) is 16.3 Å². The average molecular weight is 539 g/mol. The minimum atomic E-state index is -4.06. The summed E-state index contributed by atoms with van der Waals surface area (Å²) >= 11 is 1.50. The van der Waals surface area contributed by atoms with Crippen LogP contribution < -0.4 is 19.7 Å². The van der Waals surface area contributed by atoms with Crippen molar-refractivity contribution >= 4 is 49.0 Å². The molecule has 3 aromatic heterocycles. The SMILES string of the molecule is COc1ncc2cc1NS(=O)(=O)c1cccc(c1)C(=O)NC[C@H]1CN(CCO1)c1ncnc3cc-2sc13. The molecule has 5 heterocycles. The number of aromatic nitrogens is 3. The monoisotopic (exact) mass is 538 g/mol. The maximum Gasteiger partial charge on any atom is 0.262 e. The molecule has 2 aliphatic rings. The van der Waals surface area contributed by atoms with Gasteiger partial charge in [0, 0.05) is 41.8 Å². The van der Waals surface area contributed by atoms with E-state index < -0.39 is 15.9 Å². The van der Waals surface area contributed by atoms with Gasteiger partial charge in [-0.05, 0) is 30.3 Å². The zero-order valence-electron chi connectivity index (χ0n) is 19.7. The number of sulfonamides is 1. The van der Waals surface area contributed by atoms with E-state index in [1.54, 1.807) is 18.3 Å². The van der Waals surface area contributed by atoms with E-state index in [-0.39, 0.29) is 34.7 Å². The average Bonchev–Trinajstić information content (AvgIpc) is 3.36. The second-order valence-corrected chi connectivity index (χ2v) is 11.3. The van der Waals surface area contributed by atoms with Crippen LogP contribution in [0.1, 0.15) is 10.4 Å². The van der Waals surface area contributed by atoms with Crippen molar-refractivity contribution in [1.29, 1.82) is 0 Å². The summed E-state index contributed by atoms with van der Waals surface area (Å²) in [5.74, 6) is 0.515. The molecule has 13 heteroatoms. The van der Waals surface area contributed by atoms with E-state index in [9.17, 15) is 13.2 Å². The number of fused-ring (bicyclic) bond motifs is 9. The Morgan fingerprint density at radius 3 is 2.92 bits per heavy atom. The van der Waals surface area contributed by atoms with Crippen LogP contribution in [-0.4, -0.2) is 68.7 Å². The maximum absolute atomic E-state index is 13.3. The van der Waals surface area contributed by atoms with Crippen molar-refractivity contribution in [2.75, 3.05) is 43.0 Å². The van der Waals surface area contributed by atoms with Crippen molar-refractivity contribution in [3.63, 3.8) is 0 Å². The summed E-state index contributed by atoms with van der Waals surface area (Å²) in [6, 6.07) is 9.46. The highest BCUT2D eigenvalue weighted by Gasteiger charge is 2.26. The summed E-state index contributed by atoms with van der Waals surface area (Å²) in [6.45, 7) is 1.94. The Morgan fingerprint density at radius 1 is 1.16 bits per heavy atom. The number of pyridine rings is 1. The number of anilines is 2. The number of amides is 1. The van der Waals surface area contributed by atoms with Gasteiger partial charge >= 0.3 is 0 Å². The van der Waals surface area contributed by atoms with Gasteiger partial charge in [-0.2, -0.15) is 0 Å². The molecular weight excluding hydrogens is 516 g/mol. The van der Waals surface area contributed by atoms with Gasteiger partial charge in [0.1, 0.15) is 17.8 Å².